The van der Waals surface area contributed by atoms with Crippen molar-refractivity contribution in [3.63, 3.8) is 0 Å². The molecule has 29 heavy (non-hydrogen) atoms. The van der Waals surface area contributed by atoms with Gasteiger partial charge in [0, 0.05) is 11.4 Å². The van der Waals surface area contributed by atoms with Gasteiger partial charge in [-0.2, -0.15) is 4.31 Å². The molecule has 10 heteroatoms. The van der Waals surface area contributed by atoms with Gasteiger partial charge in [-0.05, 0) is 36.9 Å². The second-order valence-corrected chi connectivity index (χ2v) is 9.50. The summed E-state index contributed by atoms with van der Waals surface area (Å²) in [5.74, 6) is -1.61. The number of amides is 2. The number of sulfonamides is 1. The van der Waals surface area contributed by atoms with Gasteiger partial charge in [0.15, 0.2) is 0 Å². The number of carbonyl (C=O) groups excluding carboxylic acids is 2. The average Bonchev–Trinajstić information content (AvgIpc) is 3.24. The highest BCUT2D eigenvalue weighted by atomic mass is 32.2. The first-order valence-corrected chi connectivity index (χ1v) is 11.5. The van der Waals surface area contributed by atoms with Gasteiger partial charge in [-0.3, -0.25) is 9.59 Å². The summed E-state index contributed by atoms with van der Waals surface area (Å²) in [5, 5.41) is 6.88. The molecule has 1 aliphatic rings. The molecule has 0 spiro atoms. The lowest BCUT2D eigenvalue weighted by Gasteiger charge is -2.34. The molecule has 0 aliphatic carbocycles. The van der Waals surface area contributed by atoms with E-state index in [0.29, 0.717) is 13.0 Å². The second kappa shape index (κ2) is 9.49. The number of nitrogens with one attached hydrogen (secondary N) is 2. The lowest BCUT2D eigenvalue weighted by molar-refractivity contribution is -0.140. The van der Waals surface area contributed by atoms with Crippen LogP contribution in [-0.2, 0) is 30.9 Å². The summed E-state index contributed by atoms with van der Waals surface area (Å²) in [6.45, 7) is 2.68. The van der Waals surface area contributed by atoms with E-state index in [1.165, 1.54) is 15.6 Å². The van der Waals surface area contributed by atoms with Crippen LogP contribution in [0.5, 0.6) is 0 Å². The molecule has 2 amide bonds. The van der Waals surface area contributed by atoms with Gasteiger partial charge in [-0.25, -0.2) is 8.42 Å². The summed E-state index contributed by atoms with van der Waals surface area (Å²) in [7, 11) is -3.78. The van der Waals surface area contributed by atoms with Crippen LogP contribution in [0.15, 0.2) is 46.7 Å². The van der Waals surface area contributed by atoms with Crippen LogP contribution >= 0.6 is 11.3 Å². The zero-order valence-corrected chi connectivity index (χ0v) is 17.6. The van der Waals surface area contributed by atoms with E-state index in [1.807, 2.05) is 24.4 Å². The maximum absolute atomic E-state index is 13.0. The van der Waals surface area contributed by atoms with Crippen molar-refractivity contribution in [1.29, 1.82) is 0 Å². The van der Waals surface area contributed by atoms with Crippen LogP contribution in [0.3, 0.4) is 0 Å². The largest absolute Gasteiger partial charge is 0.360 e. The average molecular weight is 438 g/mol. The van der Waals surface area contributed by atoms with E-state index in [2.05, 4.69) is 10.6 Å². The molecule has 0 unspecified atom stereocenters. The summed E-state index contributed by atoms with van der Waals surface area (Å²) in [6, 6.07) is 10.3. The van der Waals surface area contributed by atoms with Crippen molar-refractivity contribution < 1.29 is 22.7 Å². The number of hydrogen-bond acceptors (Lipinski definition) is 6. The number of ether oxygens (including phenoxy) is 1. The van der Waals surface area contributed by atoms with E-state index in [4.69, 9.17) is 4.74 Å². The number of rotatable bonds is 6. The summed E-state index contributed by atoms with van der Waals surface area (Å²) in [4.78, 5) is 25.1. The molecule has 2 aromatic rings. The molecule has 156 valence electrons. The number of benzene rings is 1. The third-order valence-corrected chi connectivity index (χ3v) is 7.21. The van der Waals surface area contributed by atoms with Crippen LogP contribution in [0.2, 0.25) is 0 Å². The van der Waals surface area contributed by atoms with Gasteiger partial charge < -0.3 is 15.4 Å². The highest BCUT2D eigenvalue weighted by Gasteiger charge is 2.34. The second-order valence-electron chi connectivity index (χ2n) is 6.58. The van der Waals surface area contributed by atoms with Crippen LogP contribution in [0, 0.1) is 6.92 Å². The molecule has 0 saturated carbocycles. The molecule has 8 nitrogen and oxygen atoms in total. The fourth-order valence-electron chi connectivity index (χ4n) is 2.87. The first kappa shape index (κ1) is 21.4. The summed E-state index contributed by atoms with van der Waals surface area (Å²) >= 11 is 1.47. The molecular formula is C19H23N3O5S2. The molecule has 0 radical (unpaired) electrons. The van der Waals surface area contributed by atoms with E-state index < -0.39 is 28.1 Å². The fraction of sp³-hybridized carbons (Fsp3) is 0.368. The predicted molar refractivity (Wildman–Crippen MR) is 109 cm³/mol. The molecule has 1 aromatic carbocycles. The molecule has 0 bridgehead atoms. The fourth-order valence-corrected chi connectivity index (χ4v) is 5.08. The third kappa shape index (κ3) is 5.41. The van der Waals surface area contributed by atoms with Gasteiger partial charge in [-0.15, -0.1) is 11.3 Å². The Kier molecular flexibility index (Phi) is 7.01. The zero-order valence-electron chi connectivity index (χ0n) is 16.0. The highest BCUT2D eigenvalue weighted by Crippen LogP contribution is 2.22. The Hall–Kier alpha value is -2.27. The van der Waals surface area contributed by atoms with Crippen molar-refractivity contribution >= 4 is 33.2 Å². The van der Waals surface area contributed by atoms with Gasteiger partial charge in [0.25, 0.3) is 0 Å². The van der Waals surface area contributed by atoms with Crippen molar-refractivity contribution in [3.8, 4) is 0 Å². The van der Waals surface area contributed by atoms with Gasteiger partial charge in [-0.1, -0.05) is 23.8 Å². The van der Waals surface area contributed by atoms with Gasteiger partial charge in [0.2, 0.25) is 10.0 Å². The first-order chi connectivity index (χ1) is 13.9. The van der Waals surface area contributed by atoms with Gasteiger partial charge in [0.1, 0.15) is 6.23 Å². The summed E-state index contributed by atoms with van der Waals surface area (Å²) in [5.41, 5.74) is 0.955. The van der Waals surface area contributed by atoms with Crippen LogP contribution in [0.25, 0.3) is 0 Å². The maximum Gasteiger partial charge on any atom is 0.309 e. The monoisotopic (exact) mass is 437 g/mol. The van der Waals surface area contributed by atoms with Crippen molar-refractivity contribution in [1.82, 2.24) is 14.9 Å². The number of hydrogen-bond donors (Lipinski definition) is 2. The standard InChI is InChI=1S/C19H23N3O5S2/c1-14-5-7-16(8-6-14)29(25,26)22-9-3-10-27-17(22)13-21-19(24)18(23)20-12-15-4-2-11-28-15/h2,4-8,11,17H,3,9-10,12-13H2,1H3,(H,20,23)(H,21,24)/t17-/m0/s1. The van der Waals surface area contributed by atoms with Gasteiger partial charge in [0.05, 0.1) is 24.6 Å². The van der Waals surface area contributed by atoms with E-state index in [0.717, 1.165) is 10.4 Å². The number of nitrogens with zero attached hydrogens (tertiary/aromatic N) is 1. The molecule has 1 aliphatic heterocycles. The lowest BCUT2D eigenvalue weighted by atomic mass is 10.2. The molecule has 3 rings (SSSR count). The number of aryl methyl sites for hydroxylation is 1. The van der Waals surface area contributed by atoms with Crippen LogP contribution < -0.4 is 10.6 Å². The first-order valence-electron chi connectivity index (χ1n) is 9.16. The minimum absolute atomic E-state index is 0.115. The Morgan fingerprint density at radius 2 is 1.90 bits per heavy atom. The summed E-state index contributed by atoms with van der Waals surface area (Å²) < 4.78 is 32.8. The van der Waals surface area contributed by atoms with Crippen molar-refractivity contribution in [3.05, 3.63) is 52.2 Å². The Morgan fingerprint density at radius 1 is 1.17 bits per heavy atom. The summed E-state index contributed by atoms with van der Waals surface area (Å²) in [6.07, 6.45) is -0.319. The zero-order chi connectivity index (χ0) is 20.9. The van der Waals surface area contributed by atoms with E-state index in [-0.39, 0.29) is 24.5 Å². The van der Waals surface area contributed by atoms with Crippen molar-refractivity contribution in [2.24, 2.45) is 0 Å². The highest BCUT2D eigenvalue weighted by molar-refractivity contribution is 7.89. The number of thiophene rings is 1. The SMILES string of the molecule is Cc1ccc(S(=O)(=O)N2CCCO[C@H]2CNC(=O)C(=O)NCc2cccs2)cc1. The van der Waals surface area contributed by atoms with E-state index in [9.17, 15) is 18.0 Å². The molecule has 1 aromatic heterocycles. The molecule has 1 fully saturated rings. The topological polar surface area (TPSA) is 105 Å². The van der Waals surface area contributed by atoms with E-state index in [1.54, 1.807) is 24.3 Å². The van der Waals surface area contributed by atoms with Crippen LogP contribution in [-0.4, -0.2) is 50.5 Å². The Labute approximate surface area is 173 Å². The minimum Gasteiger partial charge on any atom is -0.360 e. The molecule has 2 heterocycles. The Balaban J connectivity index is 1.60. The smallest absolute Gasteiger partial charge is 0.309 e. The van der Waals surface area contributed by atoms with Crippen molar-refractivity contribution in [2.45, 2.75) is 31.0 Å². The Bertz CT molecular complexity index is 943. The van der Waals surface area contributed by atoms with Crippen LogP contribution in [0.1, 0.15) is 16.9 Å². The van der Waals surface area contributed by atoms with Crippen molar-refractivity contribution in [2.75, 3.05) is 19.7 Å². The maximum atomic E-state index is 13.0. The number of carbonyl (C=O) groups is 2. The third-order valence-electron chi connectivity index (χ3n) is 4.43. The molecule has 1 atom stereocenters. The molecular weight excluding hydrogens is 414 g/mol. The van der Waals surface area contributed by atoms with Crippen LogP contribution in [0.4, 0.5) is 0 Å². The molecule has 2 N–H and O–H groups in total. The molecule has 1 saturated heterocycles. The lowest BCUT2D eigenvalue weighted by Crippen LogP contribution is -2.53. The predicted octanol–water partition coefficient (Wildman–Crippen LogP) is 1.23. The Morgan fingerprint density at radius 3 is 2.59 bits per heavy atom. The van der Waals surface area contributed by atoms with E-state index >= 15 is 0 Å². The quantitative estimate of drug-likeness (QED) is 0.662. The van der Waals surface area contributed by atoms with Gasteiger partial charge >= 0.3 is 11.8 Å². The normalized spacial score (nSPS) is 17.6. The minimum atomic E-state index is -3.78.